The summed E-state index contributed by atoms with van der Waals surface area (Å²) in [6, 6.07) is 11.3. The van der Waals surface area contributed by atoms with Crippen LogP contribution in [0.25, 0.3) is 22.2 Å². The highest BCUT2D eigenvalue weighted by Crippen LogP contribution is 2.36. The van der Waals surface area contributed by atoms with Crippen molar-refractivity contribution in [2.45, 2.75) is 50.5 Å². The van der Waals surface area contributed by atoms with Gasteiger partial charge in [-0.1, -0.05) is 48.8 Å². The molecule has 1 saturated heterocycles. The van der Waals surface area contributed by atoms with Crippen LogP contribution >= 0.6 is 11.3 Å². The van der Waals surface area contributed by atoms with Gasteiger partial charge in [0.15, 0.2) is 0 Å². The van der Waals surface area contributed by atoms with Crippen molar-refractivity contribution in [2.75, 3.05) is 6.54 Å². The van der Waals surface area contributed by atoms with Crippen molar-refractivity contribution >= 4 is 21.4 Å². The van der Waals surface area contributed by atoms with Gasteiger partial charge in [-0.15, -0.1) is 11.3 Å². The molecule has 148 valence electrons. The fourth-order valence-corrected chi connectivity index (χ4v) is 6.93. The second-order valence-corrected chi connectivity index (χ2v) is 10.1. The highest BCUT2D eigenvalue weighted by Gasteiger charge is 2.34. The second kappa shape index (κ2) is 7.77. The summed E-state index contributed by atoms with van der Waals surface area (Å²) >= 11 is 1.37. The molecule has 0 unspecified atom stereocenters. The number of aromatic nitrogens is 2. The summed E-state index contributed by atoms with van der Waals surface area (Å²) in [5, 5.41) is 4.04. The molecule has 2 aromatic heterocycles. The molecule has 8 heteroatoms. The first-order valence-electron chi connectivity index (χ1n) is 9.52. The maximum absolute atomic E-state index is 13.3. The fraction of sp³-hybridized carbons (Fsp3) is 0.400. The van der Waals surface area contributed by atoms with Crippen LogP contribution in [0.5, 0.6) is 0 Å². The highest BCUT2D eigenvalue weighted by atomic mass is 32.2. The third-order valence-electron chi connectivity index (χ3n) is 5.17. The van der Waals surface area contributed by atoms with Crippen LogP contribution in [-0.2, 0) is 10.0 Å². The topological polar surface area (TPSA) is 76.3 Å². The minimum Gasteiger partial charge on any atom is -0.333 e. The average molecular weight is 418 g/mol. The number of sulfonamides is 1. The van der Waals surface area contributed by atoms with Crippen molar-refractivity contribution < 1.29 is 12.9 Å². The smallest absolute Gasteiger partial charge is 0.268 e. The third kappa shape index (κ3) is 3.52. The molecule has 6 nitrogen and oxygen atoms in total. The van der Waals surface area contributed by atoms with Gasteiger partial charge in [0, 0.05) is 23.0 Å². The Morgan fingerprint density at radius 1 is 1.25 bits per heavy atom. The first kappa shape index (κ1) is 19.3. The lowest BCUT2D eigenvalue weighted by Crippen LogP contribution is -2.43. The summed E-state index contributed by atoms with van der Waals surface area (Å²) in [4.78, 5) is 6.23. The minimum absolute atomic E-state index is 0.0783. The number of rotatable bonds is 5. The summed E-state index contributed by atoms with van der Waals surface area (Å²) < 4.78 is 33.7. The SMILES string of the molecule is CC[C@H]1CCCCN1S(=O)(=O)c1cc(-c2nc(-c3ccccc3)no2)sc1C. The Bertz CT molecular complexity index is 1060. The Labute approximate surface area is 169 Å². The first-order valence-corrected chi connectivity index (χ1v) is 11.8. The summed E-state index contributed by atoms with van der Waals surface area (Å²) in [5.74, 6) is 0.840. The van der Waals surface area contributed by atoms with Crippen LogP contribution in [0.2, 0.25) is 0 Å². The van der Waals surface area contributed by atoms with E-state index in [4.69, 9.17) is 4.52 Å². The Morgan fingerprint density at radius 3 is 2.79 bits per heavy atom. The monoisotopic (exact) mass is 417 g/mol. The molecule has 0 saturated carbocycles. The van der Waals surface area contributed by atoms with E-state index in [1.807, 2.05) is 44.2 Å². The van der Waals surface area contributed by atoms with Gasteiger partial charge in [0.1, 0.15) is 0 Å². The maximum Gasteiger partial charge on any atom is 0.268 e. The number of piperidine rings is 1. The van der Waals surface area contributed by atoms with Gasteiger partial charge in [-0.3, -0.25) is 0 Å². The lowest BCUT2D eigenvalue weighted by Gasteiger charge is -2.34. The van der Waals surface area contributed by atoms with Crippen molar-refractivity contribution in [2.24, 2.45) is 0 Å². The predicted molar refractivity (Wildman–Crippen MR) is 110 cm³/mol. The van der Waals surface area contributed by atoms with Crippen LogP contribution in [0.3, 0.4) is 0 Å². The van der Waals surface area contributed by atoms with E-state index in [9.17, 15) is 8.42 Å². The highest BCUT2D eigenvalue weighted by molar-refractivity contribution is 7.89. The number of benzene rings is 1. The molecule has 1 aliphatic heterocycles. The lowest BCUT2D eigenvalue weighted by atomic mass is 10.0. The molecular weight excluding hydrogens is 394 g/mol. The van der Waals surface area contributed by atoms with E-state index in [-0.39, 0.29) is 6.04 Å². The van der Waals surface area contributed by atoms with Gasteiger partial charge >= 0.3 is 0 Å². The Balaban J connectivity index is 1.66. The zero-order valence-electron chi connectivity index (χ0n) is 16.0. The van der Waals surface area contributed by atoms with Crippen LogP contribution in [0.15, 0.2) is 45.8 Å². The Morgan fingerprint density at radius 2 is 2.04 bits per heavy atom. The Hall–Kier alpha value is -2.03. The van der Waals surface area contributed by atoms with Gasteiger partial charge in [-0.05, 0) is 32.3 Å². The molecular formula is C20H23N3O3S2. The molecule has 4 rings (SSSR count). The van der Waals surface area contributed by atoms with Crippen molar-refractivity contribution in [3.8, 4) is 22.2 Å². The molecule has 0 amide bonds. The quantitative estimate of drug-likeness (QED) is 0.600. The summed E-state index contributed by atoms with van der Waals surface area (Å²) in [6.45, 7) is 4.47. The molecule has 0 bridgehead atoms. The minimum atomic E-state index is -3.53. The van der Waals surface area contributed by atoms with Gasteiger partial charge in [0.25, 0.3) is 5.89 Å². The molecule has 0 radical (unpaired) electrons. The molecule has 1 aliphatic rings. The van der Waals surface area contributed by atoms with Gasteiger partial charge in [0.2, 0.25) is 15.8 Å². The third-order valence-corrected chi connectivity index (χ3v) is 8.42. The summed E-state index contributed by atoms with van der Waals surface area (Å²) in [6.07, 6.45) is 3.76. The van der Waals surface area contributed by atoms with E-state index in [0.717, 1.165) is 36.1 Å². The van der Waals surface area contributed by atoms with E-state index in [2.05, 4.69) is 10.1 Å². The number of hydrogen-bond donors (Lipinski definition) is 0. The first-order chi connectivity index (χ1) is 13.5. The van der Waals surface area contributed by atoms with Gasteiger partial charge in [-0.25, -0.2) is 8.42 Å². The number of nitrogens with zero attached hydrogens (tertiary/aromatic N) is 3. The van der Waals surface area contributed by atoms with Crippen LogP contribution in [0.1, 0.15) is 37.5 Å². The number of thiophene rings is 1. The van der Waals surface area contributed by atoms with Gasteiger partial charge in [-0.2, -0.15) is 9.29 Å². The second-order valence-electron chi connectivity index (χ2n) is 6.99. The molecule has 3 heterocycles. The normalized spacial score (nSPS) is 18.4. The molecule has 1 fully saturated rings. The molecule has 0 spiro atoms. The molecule has 1 atom stereocenters. The van der Waals surface area contributed by atoms with Crippen molar-refractivity contribution in [1.29, 1.82) is 0 Å². The summed E-state index contributed by atoms with van der Waals surface area (Å²) in [5.41, 5.74) is 0.859. The lowest BCUT2D eigenvalue weighted by molar-refractivity contribution is 0.246. The van der Waals surface area contributed by atoms with E-state index >= 15 is 0 Å². The zero-order valence-corrected chi connectivity index (χ0v) is 17.6. The predicted octanol–water partition coefficient (Wildman–Crippen LogP) is 4.73. The van der Waals surface area contributed by atoms with E-state index in [0.29, 0.717) is 28.0 Å². The summed E-state index contributed by atoms with van der Waals surface area (Å²) in [7, 11) is -3.53. The standard InChI is InChI=1S/C20H23N3O3S2/c1-3-16-11-7-8-12-23(16)28(24,25)18-13-17(27-14(18)2)20-21-19(22-26-20)15-9-5-4-6-10-15/h4-6,9-10,13,16H,3,7-8,11-12H2,1-2H3/t16-/m0/s1. The molecule has 28 heavy (non-hydrogen) atoms. The molecule has 3 aromatic rings. The van der Waals surface area contributed by atoms with Crippen LogP contribution in [0, 0.1) is 6.92 Å². The van der Waals surface area contributed by atoms with E-state index in [1.165, 1.54) is 11.3 Å². The van der Waals surface area contributed by atoms with Crippen LogP contribution in [-0.4, -0.2) is 35.5 Å². The van der Waals surface area contributed by atoms with Crippen molar-refractivity contribution in [3.05, 3.63) is 41.3 Å². The van der Waals surface area contributed by atoms with E-state index in [1.54, 1.807) is 10.4 Å². The number of aryl methyl sites for hydroxylation is 1. The fourth-order valence-electron chi connectivity index (χ4n) is 3.68. The Kier molecular flexibility index (Phi) is 5.35. The maximum atomic E-state index is 13.3. The van der Waals surface area contributed by atoms with E-state index < -0.39 is 10.0 Å². The average Bonchev–Trinajstić information content (AvgIpc) is 3.36. The zero-order chi connectivity index (χ0) is 19.7. The van der Waals surface area contributed by atoms with Crippen LogP contribution in [0.4, 0.5) is 0 Å². The molecule has 0 aliphatic carbocycles. The van der Waals surface area contributed by atoms with Gasteiger partial charge in [0.05, 0.1) is 9.77 Å². The largest absolute Gasteiger partial charge is 0.333 e. The van der Waals surface area contributed by atoms with Crippen LogP contribution < -0.4 is 0 Å². The number of hydrogen-bond acceptors (Lipinski definition) is 6. The molecule has 0 N–H and O–H groups in total. The molecule has 1 aromatic carbocycles. The van der Waals surface area contributed by atoms with Gasteiger partial charge < -0.3 is 4.52 Å². The van der Waals surface area contributed by atoms with Crippen molar-refractivity contribution in [1.82, 2.24) is 14.4 Å². The van der Waals surface area contributed by atoms with Crippen molar-refractivity contribution in [3.63, 3.8) is 0 Å².